The first-order valence-corrected chi connectivity index (χ1v) is 9.15. The summed E-state index contributed by atoms with van der Waals surface area (Å²) in [6.45, 7) is 2.40. The zero-order chi connectivity index (χ0) is 16.4. The van der Waals surface area contributed by atoms with E-state index in [1.165, 1.54) is 0 Å². The Morgan fingerprint density at radius 3 is 3.12 bits per heavy atom. The van der Waals surface area contributed by atoms with Gasteiger partial charge in [-0.3, -0.25) is 9.78 Å². The molecule has 0 aliphatic carbocycles. The van der Waals surface area contributed by atoms with Crippen molar-refractivity contribution >= 4 is 17.2 Å². The Labute approximate surface area is 145 Å². The second-order valence-electron chi connectivity index (χ2n) is 6.29. The van der Waals surface area contributed by atoms with Crippen molar-refractivity contribution in [3.8, 4) is 0 Å². The van der Waals surface area contributed by atoms with Crippen molar-refractivity contribution in [1.29, 1.82) is 0 Å². The van der Waals surface area contributed by atoms with Crippen LogP contribution < -0.4 is 0 Å². The molecule has 1 amide bonds. The molecule has 0 radical (unpaired) electrons. The van der Waals surface area contributed by atoms with Crippen LogP contribution in [0.3, 0.4) is 0 Å². The van der Waals surface area contributed by atoms with E-state index in [0.29, 0.717) is 32.8 Å². The molecule has 2 aromatic rings. The summed E-state index contributed by atoms with van der Waals surface area (Å²) in [7, 11) is 0. The molecule has 0 aromatic carbocycles. The first kappa shape index (κ1) is 15.7. The van der Waals surface area contributed by atoms with Gasteiger partial charge in [0.2, 0.25) is 5.91 Å². The highest BCUT2D eigenvalue weighted by Crippen LogP contribution is 2.33. The number of ether oxygens (including phenoxy) is 2. The molecule has 0 N–H and O–H groups in total. The van der Waals surface area contributed by atoms with Crippen LogP contribution in [0.5, 0.6) is 0 Å². The number of rotatable bonds is 5. The fourth-order valence-electron chi connectivity index (χ4n) is 3.51. The molecule has 0 bridgehead atoms. The van der Waals surface area contributed by atoms with E-state index >= 15 is 0 Å². The number of hydrogen-bond acceptors (Lipinski definition) is 5. The monoisotopic (exact) mass is 344 g/mol. The third-order valence-electron chi connectivity index (χ3n) is 4.77. The van der Waals surface area contributed by atoms with Gasteiger partial charge in [-0.05, 0) is 34.5 Å². The molecule has 2 aromatic heterocycles. The number of amides is 1. The van der Waals surface area contributed by atoms with Crippen LogP contribution in [0.1, 0.15) is 11.3 Å². The summed E-state index contributed by atoms with van der Waals surface area (Å²) in [4.78, 5) is 18.9. The number of pyridine rings is 1. The zero-order valence-electron chi connectivity index (χ0n) is 13.3. The van der Waals surface area contributed by atoms with Crippen LogP contribution in [0.2, 0.25) is 0 Å². The van der Waals surface area contributed by atoms with E-state index in [4.69, 9.17) is 9.47 Å². The summed E-state index contributed by atoms with van der Waals surface area (Å²) in [5, 5.41) is 4.04. The topological polar surface area (TPSA) is 51.7 Å². The number of aromatic nitrogens is 1. The molecule has 6 heteroatoms. The lowest BCUT2D eigenvalue weighted by molar-refractivity contribution is -0.132. The predicted octanol–water partition coefficient (Wildman–Crippen LogP) is 2.13. The van der Waals surface area contributed by atoms with Crippen LogP contribution in [0, 0.1) is 5.92 Å². The molecule has 2 fully saturated rings. The molecule has 3 atom stereocenters. The fraction of sp³-hybridized carbons (Fsp3) is 0.444. The van der Waals surface area contributed by atoms with Gasteiger partial charge in [0.05, 0.1) is 44.1 Å². The van der Waals surface area contributed by atoms with Gasteiger partial charge >= 0.3 is 0 Å². The van der Waals surface area contributed by atoms with E-state index < -0.39 is 0 Å². The molecule has 2 aliphatic rings. The van der Waals surface area contributed by atoms with Crippen molar-refractivity contribution in [2.24, 2.45) is 5.92 Å². The minimum atomic E-state index is 0.0194. The first-order valence-electron chi connectivity index (χ1n) is 8.21. The molecule has 0 spiro atoms. The van der Waals surface area contributed by atoms with Gasteiger partial charge in [-0.25, -0.2) is 0 Å². The third-order valence-corrected chi connectivity index (χ3v) is 5.51. The highest BCUT2D eigenvalue weighted by Gasteiger charge is 2.47. The summed E-state index contributed by atoms with van der Waals surface area (Å²) in [6, 6.07) is 7.96. The second kappa shape index (κ2) is 7.01. The number of hydrogen-bond donors (Lipinski definition) is 0. The summed E-state index contributed by atoms with van der Waals surface area (Å²) in [6.07, 6.45) is 2.25. The van der Waals surface area contributed by atoms with Gasteiger partial charge in [0.15, 0.2) is 0 Å². The number of thiophene rings is 1. The van der Waals surface area contributed by atoms with Crippen LogP contribution in [-0.4, -0.2) is 47.7 Å². The Bertz CT molecular complexity index is 677. The number of nitrogens with zero attached hydrogens (tertiary/aromatic N) is 2. The van der Waals surface area contributed by atoms with Gasteiger partial charge in [0.25, 0.3) is 0 Å². The number of carbonyl (C=O) groups is 1. The van der Waals surface area contributed by atoms with Crippen molar-refractivity contribution in [3.63, 3.8) is 0 Å². The van der Waals surface area contributed by atoms with Gasteiger partial charge < -0.3 is 14.4 Å². The number of carbonyl (C=O) groups excluding carboxylic acids is 1. The fourth-order valence-corrected chi connectivity index (χ4v) is 4.18. The molecule has 4 rings (SSSR count). The van der Waals surface area contributed by atoms with E-state index in [-0.39, 0.29) is 24.0 Å². The Balaban J connectivity index is 1.40. The van der Waals surface area contributed by atoms with E-state index in [1.54, 1.807) is 17.5 Å². The lowest BCUT2D eigenvalue weighted by atomic mass is 10.0. The first-order chi connectivity index (χ1) is 11.8. The summed E-state index contributed by atoms with van der Waals surface area (Å²) in [5.41, 5.74) is 1.99. The van der Waals surface area contributed by atoms with E-state index in [1.807, 2.05) is 39.9 Å². The maximum Gasteiger partial charge on any atom is 0.227 e. The average Bonchev–Trinajstić information content (AvgIpc) is 3.32. The largest absolute Gasteiger partial charge is 0.379 e. The maximum atomic E-state index is 12.7. The van der Waals surface area contributed by atoms with Crippen LogP contribution in [-0.2, 0) is 27.3 Å². The molecule has 2 saturated heterocycles. The molecule has 4 heterocycles. The van der Waals surface area contributed by atoms with Crippen molar-refractivity contribution in [3.05, 3.63) is 52.5 Å². The van der Waals surface area contributed by atoms with Crippen LogP contribution in [0.4, 0.5) is 0 Å². The average molecular weight is 344 g/mol. The lowest BCUT2D eigenvalue weighted by Gasteiger charge is -2.22. The molecule has 126 valence electrons. The van der Waals surface area contributed by atoms with Gasteiger partial charge in [-0.1, -0.05) is 6.07 Å². The van der Waals surface area contributed by atoms with Crippen molar-refractivity contribution in [2.45, 2.75) is 25.2 Å². The Morgan fingerprint density at radius 1 is 1.38 bits per heavy atom. The quantitative estimate of drug-likeness (QED) is 0.834. The third kappa shape index (κ3) is 3.22. The SMILES string of the molecule is O=C(Cc1ccsc1)N1C[C@@H](OCc2ccccn2)[C@@H]2COC[C@@H]21. The second-order valence-corrected chi connectivity index (χ2v) is 7.07. The van der Waals surface area contributed by atoms with Crippen LogP contribution >= 0.6 is 11.3 Å². The molecular formula is C18H20N2O3S. The lowest BCUT2D eigenvalue weighted by Crippen LogP contribution is -2.39. The van der Waals surface area contributed by atoms with E-state index in [9.17, 15) is 4.79 Å². The van der Waals surface area contributed by atoms with Gasteiger partial charge in [0, 0.05) is 18.7 Å². The summed E-state index contributed by atoms with van der Waals surface area (Å²) in [5.74, 6) is 0.429. The normalized spacial score (nSPS) is 25.8. The van der Waals surface area contributed by atoms with Gasteiger partial charge in [0.1, 0.15) is 0 Å². The number of fused-ring (bicyclic) bond motifs is 1. The van der Waals surface area contributed by atoms with Gasteiger partial charge in [-0.15, -0.1) is 0 Å². The molecule has 2 aliphatic heterocycles. The highest BCUT2D eigenvalue weighted by atomic mass is 32.1. The summed E-state index contributed by atoms with van der Waals surface area (Å²) >= 11 is 1.62. The zero-order valence-corrected chi connectivity index (χ0v) is 14.2. The van der Waals surface area contributed by atoms with Crippen molar-refractivity contribution in [2.75, 3.05) is 19.8 Å². The molecule has 0 unspecified atom stereocenters. The molecule has 0 saturated carbocycles. The Hall–Kier alpha value is -1.76. The van der Waals surface area contributed by atoms with E-state index in [0.717, 1.165) is 11.3 Å². The van der Waals surface area contributed by atoms with Crippen LogP contribution in [0.25, 0.3) is 0 Å². The van der Waals surface area contributed by atoms with Crippen LogP contribution in [0.15, 0.2) is 41.2 Å². The van der Waals surface area contributed by atoms with E-state index in [2.05, 4.69) is 4.98 Å². The standard InChI is InChI=1S/C18H20N2O3S/c21-18(7-13-4-6-24-12-13)20-8-17(15-10-22-11-16(15)20)23-9-14-3-1-2-5-19-14/h1-6,12,15-17H,7-11H2/t15-,16+,17-/m1/s1. The molecular weight excluding hydrogens is 324 g/mol. The minimum Gasteiger partial charge on any atom is -0.379 e. The predicted molar refractivity (Wildman–Crippen MR) is 90.6 cm³/mol. The van der Waals surface area contributed by atoms with Gasteiger partial charge in [-0.2, -0.15) is 11.3 Å². The number of likely N-dealkylation sites (tertiary alicyclic amines) is 1. The smallest absolute Gasteiger partial charge is 0.227 e. The summed E-state index contributed by atoms with van der Waals surface area (Å²) < 4.78 is 11.7. The molecule has 5 nitrogen and oxygen atoms in total. The van der Waals surface area contributed by atoms with Crippen molar-refractivity contribution in [1.82, 2.24) is 9.88 Å². The Kier molecular flexibility index (Phi) is 4.60. The Morgan fingerprint density at radius 2 is 2.33 bits per heavy atom. The highest BCUT2D eigenvalue weighted by molar-refractivity contribution is 7.08. The maximum absolute atomic E-state index is 12.7. The minimum absolute atomic E-state index is 0.0194. The van der Waals surface area contributed by atoms with Crippen molar-refractivity contribution < 1.29 is 14.3 Å². The molecule has 24 heavy (non-hydrogen) atoms.